The third kappa shape index (κ3) is 7.54. The lowest BCUT2D eigenvalue weighted by Gasteiger charge is -2.34. The summed E-state index contributed by atoms with van der Waals surface area (Å²) in [6, 6.07) is 0. The Morgan fingerprint density at radius 1 is 1.00 bits per heavy atom. The van der Waals surface area contributed by atoms with E-state index in [1.165, 1.54) is 83.5 Å². The van der Waals surface area contributed by atoms with Gasteiger partial charge in [-0.1, -0.05) is 89.5 Å². The van der Waals surface area contributed by atoms with Crippen molar-refractivity contribution in [3.05, 3.63) is 12.2 Å². The number of hydrogen-bond donors (Lipinski definition) is 0. The van der Waals surface area contributed by atoms with E-state index in [-0.39, 0.29) is 9.86 Å². The second-order valence-corrected chi connectivity index (χ2v) is 8.23. The first-order chi connectivity index (χ1) is 10.1. The third-order valence-electron chi connectivity index (χ3n) is 4.66. The molecule has 0 unspecified atom stereocenters. The van der Waals surface area contributed by atoms with Crippen molar-refractivity contribution in [2.45, 2.75) is 102 Å². The van der Waals surface area contributed by atoms with E-state index in [1.54, 1.807) is 11.8 Å². The molecule has 1 saturated carbocycles. The van der Waals surface area contributed by atoms with Crippen LogP contribution in [0.2, 0.25) is 0 Å². The molecule has 0 amide bonds. The number of hydrogen-bond acceptors (Lipinski definition) is 2. The lowest BCUT2D eigenvalue weighted by Crippen LogP contribution is -2.27. The fourth-order valence-electron chi connectivity index (χ4n) is 3.29. The highest BCUT2D eigenvalue weighted by molar-refractivity contribution is 8.15. The van der Waals surface area contributed by atoms with Crippen LogP contribution in [-0.4, -0.2) is 9.86 Å². The molecule has 122 valence electrons. The molecule has 1 aliphatic carbocycles. The summed E-state index contributed by atoms with van der Waals surface area (Å²) in [5.41, 5.74) is 0.715. The summed E-state index contributed by atoms with van der Waals surface area (Å²) in [5.74, 6) is 0. The average molecular weight is 311 g/mol. The topological polar surface area (TPSA) is 17.1 Å². The molecule has 1 rings (SSSR count). The maximum Gasteiger partial charge on any atom is 0.214 e. The summed E-state index contributed by atoms with van der Waals surface area (Å²) in [6.45, 7) is 7.97. The molecule has 0 aromatic carbocycles. The van der Waals surface area contributed by atoms with Crippen LogP contribution in [-0.2, 0) is 4.79 Å². The molecule has 0 aromatic heterocycles. The SMILES string of the molecule is C=C(C)C(=O)SC1(CCCCC)CCCCCCCCC1. The predicted molar refractivity (Wildman–Crippen MR) is 95.8 cm³/mol. The van der Waals surface area contributed by atoms with Crippen LogP contribution >= 0.6 is 11.8 Å². The molecule has 0 heterocycles. The first kappa shape index (κ1) is 18.8. The zero-order valence-electron chi connectivity index (χ0n) is 14.2. The fourth-order valence-corrected chi connectivity index (χ4v) is 4.59. The molecule has 0 atom stereocenters. The van der Waals surface area contributed by atoms with E-state index in [2.05, 4.69) is 13.5 Å². The Morgan fingerprint density at radius 3 is 2.00 bits per heavy atom. The maximum absolute atomic E-state index is 12.3. The van der Waals surface area contributed by atoms with Gasteiger partial charge in [0.1, 0.15) is 0 Å². The Bertz CT molecular complexity index is 306. The van der Waals surface area contributed by atoms with Gasteiger partial charge in [-0.15, -0.1) is 0 Å². The molecule has 1 aliphatic rings. The van der Waals surface area contributed by atoms with Crippen molar-refractivity contribution in [3.63, 3.8) is 0 Å². The van der Waals surface area contributed by atoms with E-state index >= 15 is 0 Å². The van der Waals surface area contributed by atoms with Crippen LogP contribution in [0.4, 0.5) is 0 Å². The van der Waals surface area contributed by atoms with Gasteiger partial charge in [0.25, 0.3) is 0 Å². The first-order valence-electron chi connectivity index (χ1n) is 8.98. The van der Waals surface area contributed by atoms with Gasteiger partial charge in [0.15, 0.2) is 0 Å². The van der Waals surface area contributed by atoms with Gasteiger partial charge >= 0.3 is 0 Å². The molecule has 0 bridgehead atoms. The van der Waals surface area contributed by atoms with Crippen molar-refractivity contribution < 1.29 is 4.79 Å². The zero-order valence-corrected chi connectivity index (χ0v) is 15.0. The van der Waals surface area contributed by atoms with Crippen LogP contribution < -0.4 is 0 Å². The van der Waals surface area contributed by atoms with Crippen molar-refractivity contribution in [2.24, 2.45) is 0 Å². The molecule has 0 saturated heterocycles. The highest BCUT2D eigenvalue weighted by Crippen LogP contribution is 2.42. The molecular formula is C19H34OS. The minimum Gasteiger partial charge on any atom is -0.282 e. The molecule has 0 aliphatic heterocycles. The highest BCUT2D eigenvalue weighted by Gasteiger charge is 2.32. The molecule has 0 N–H and O–H groups in total. The van der Waals surface area contributed by atoms with Crippen LogP contribution in [0.5, 0.6) is 0 Å². The second-order valence-electron chi connectivity index (χ2n) is 6.78. The summed E-state index contributed by atoms with van der Waals surface area (Å²) in [6.07, 6.45) is 16.9. The number of thioether (sulfide) groups is 1. The molecule has 21 heavy (non-hydrogen) atoms. The summed E-state index contributed by atoms with van der Waals surface area (Å²) in [7, 11) is 0. The Morgan fingerprint density at radius 2 is 1.52 bits per heavy atom. The lowest BCUT2D eigenvalue weighted by molar-refractivity contribution is -0.107. The van der Waals surface area contributed by atoms with Crippen molar-refractivity contribution in [1.29, 1.82) is 0 Å². The molecule has 0 radical (unpaired) electrons. The zero-order chi connectivity index (χ0) is 15.6. The number of unbranched alkanes of at least 4 members (excludes halogenated alkanes) is 2. The molecule has 1 fully saturated rings. The number of rotatable bonds is 6. The highest BCUT2D eigenvalue weighted by atomic mass is 32.2. The van der Waals surface area contributed by atoms with Crippen molar-refractivity contribution >= 4 is 16.9 Å². The average Bonchev–Trinajstić information content (AvgIpc) is 2.46. The van der Waals surface area contributed by atoms with E-state index in [9.17, 15) is 4.79 Å². The van der Waals surface area contributed by atoms with Crippen LogP contribution in [0.25, 0.3) is 0 Å². The summed E-state index contributed by atoms with van der Waals surface area (Å²) < 4.78 is 0.197. The smallest absolute Gasteiger partial charge is 0.214 e. The minimum atomic E-state index is 0.197. The third-order valence-corrected chi connectivity index (χ3v) is 6.24. The Balaban J connectivity index is 2.73. The summed E-state index contributed by atoms with van der Waals surface area (Å²) >= 11 is 1.63. The van der Waals surface area contributed by atoms with Gasteiger partial charge in [0.05, 0.1) is 0 Å². The van der Waals surface area contributed by atoms with Crippen LogP contribution in [0.3, 0.4) is 0 Å². The van der Waals surface area contributed by atoms with Crippen LogP contribution in [0.1, 0.15) is 97.3 Å². The van der Waals surface area contributed by atoms with Gasteiger partial charge in [-0.3, -0.25) is 4.79 Å². The summed E-state index contributed by atoms with van der Waals surface area (Å²) in [5, 5.41) is 0.226. The Kier molecular flexibility index (Phi) is 9.39. The largest absolute Gasteiger partial charge is 0.282 e. The van der Waals surface area contributed by atoms with Crippen LogP contribution in [0, 0.1) is 0 Å². The first-order valence-corrected chi connectivity index (χ1v) is 9.80. The van der Waals surface area contributed by atoms with E-state index in [1.807, 2.05) is 6.92 Å². The van der Waals surface area contributed by atoms with Crippen molar-refractivity contribution in [3.8, 4) is 0 Å². The predicted octanol–water partition coefficient (Wildman–Crippen LogP) is 6.67. The monoisotopic (exact) mass is 310 g/mol. The lowest BCUT2D eigenvalue weighted by atomic mass is 9.87. The normalized spacial score (nSPS) is 19.9. The molecule has 2 heteroatoms. The Hall–Kier alpha value is -0.240. The quantitative estimate of drug-likeness (QED) is 0.403. The summed E-state index contributed by atoms with van der Waals surface area (Å²) in [4.78, 5) is 12.3. The van der Waals surface area contributed by atoms with Crippen molar-refractivity contribution in [2.75, 3.05) is 0 Å². The molecule has 0 spiro atoms. The fraction of sp³-hybridized carbons (Fsp3) is 0.842. The Labute approximate surface area is 136 Å². The van der Waals surface area contributed by atoms with E-state index in [4.69, 9.17) is 0 Å². The van der Waals surface area contributed by atoms with Crippen molar-refractivity contribution in [1.82, 2.24) is 0 Å². The number of carbonyl (C=O) groups excluding carboxylic acids is 1. The minimum absolute atomic E-state index is 0.197. The maximum atomic E-state index is 12.3. The number of carbonyl (C=O) groups is 1. The van der Waals surface area contributed by atoms with Gasteiger partial charge in [0.2, 0.25) is 5.12 Å². The molecule has 0 aromatic rings. The molecular weight excluding hydrogens is 276 g/mol. The van der Waals surface area contributed by atoms with Gasteiger partial charge in [-0.05, 0) is 31.8 Å². The second kappa shape index (κ2) is 10.5. The van der Waals surface area contributed by atoms with E-state index in [0.29, 0.717) is 5.57 Å². The van der Waals surface area contributed by atoms with E-state index in [0.717, 1.165) is 0 Å². The standard InChI is InChI=1S/C19H34OS/c1-4-5-11-14-19(21-18(20)17(2)3)15-12-9-7-6-8-10-13-16-19/h2,4-16H2,1,3H3. The van der Waals surface area contributed by atoms with Gasteiger partial charge in [-0.25, -0.2) is 0 Å². The van der Waals surface area contributed by atoms with E-state index < -0.39 is 0 Å². The van der Waals surface area contributed by atoms with Crippen LogP contribution in [0.15, 0.2) is 12.2 Å². The molecule has 1 nitrogen and oxygen atoms in total. The van der Waals surface area contributed by atoms with Gasteiger partial charge in [-0.2, -0.15) is 0 Å². The van der Waals surface area contributed by atoms with Gasteiger partial charge < -0.3 is 0 Å². The van der Waals surface area contributed by atoms with Gasteiger partial charge in [0, 0.05) is 4.75 Å².